The van der Waals surface area contributed by atoms with E-state index in [-0.39, 0.29) is 11.9 Å². The van der Waals surface area contributed by atoms with Crippen molar-refractivity contribution in [3.63, 3.8) is 0 Å². The summed E-state index contributed by atoms with van der Waals surface area (Å²) in [7, 11) is 0. The lowest BCUT2D eigenvalue weighted by atomic mass is 10.1. The highest BCUT2D eigenvalue weighted by Gasteiger charge is 2.20. The lowest BCUT2D eigenvalue weighted by Gasteiger charge is -2.27. The molecule has 0 unspecified atom stereocenters. The van der Waals surface area contributed by atoms with Crippen molar-refractivity contribution in [1.29, 1.82) is 0 Å². The van der Waals surface area contributed by atoms with Crippen LogP contribution in [0.4, 0.5) is 5.69 Å². The van der Waals surface area contributed by atoms with E-state index in [9.17, 15) is 4.79 Å². The maximum Gasteiger partial charge on any atom is 0.258 e. The van der Waals surface area contributed by atoms with Crippen LogP contribution < -0.4 is 10.6 Å². The van der Waals surface area contributed by atoms with Gasteiger partial charge in [0.15, 0.2) is 0 Å². The molecule has 3 nitrogen and oxygen atoms in total. The van der Waals surface area contributed by atoms with E-state index in [1.165, 1.54) is 0 Å². The summed E-state index contributed by atoms with van der Waals surface area (Å²) in [5.41, 5.74) is 8.26. The molecule has 0 fully saturated rings. The first kappa shape index (κ1) is 14.3. The Labute approximate surface area is 120 Å². The zero-order valence-corrected chi connectivity index (χ0v) is 11.9. The van der Waals surface area contributed by atoms with Gasteiger partial charge in [-0.1, -0.05) is 30.3 Å². The number of hydrogen-bond donors (Lipinski definition) is 1. The van der Waals surface area contributed by atoms with Crippen LogP contribution in [-0.2, 0) is 6.54 Å². The van der Waals surface area contributed by atoms with Gasteiger partial charge in [-0.2, -0.15) is 0 Å². The maximum atomic E-state index is 12.6. The Morgan fingerprint density at radius 3 is 2.15 bits per heavy atom. The van der Waals surface area contributed by atoms with Crippen molar-refractivity contribution >= 4 is 11.6 Å². The predicted octanol–water partition coefficient (Wildman–Crippen LogP) is 3.20. The molecule has 0 aliphatic carbocycles. The molecule has 2 rings (SSSR count). The number of nitrogens with zero attached hydrogens (tertiary/aromatic N) is 1. The Kier molecular flexibility index (Phi) is 4.53. The number of amides is 1. The summed E-state index contributed by atoms with van der Waals surface area (Å²) in [5, 5.41) is 0. The molecule has 0 saturated heterocycles. The van der Waals surface area contributed by atoms with Crippen LogP contribution in [-0.4, -0.2) is 11.9 Å². The van der Waals surface area contributed by atoms with Gasteiger partial charge in [0.05, 0.1) is 0 Å². The summed E-state index contributed by atoms with van der Waals surface area (Å²) in [4.78, 5) is 14.4. The predicted molar refractivity (Wildman–Crippen MR) is 82.7 cm³/mol. The molecule has 0 atom stereocenters. The lowest BCUT2D eigenvalue weighted by molar-refractivity contribution is 0.0980. The standard InChI is InChI=1S/C17H20N2O/c1-13(2)19(16-10-8-14(12-18)9-11-16)17(20)15-6-4-3-5-7-15/h3-11,13H,12,18H2,1-2H3. The second-order valence-electron chi connectivity index (χ2n) is 5.01. The van der Waals surface area contributed by atoms with Gasteiger partial charge in [0.1, 0.15) is 0 Å². The topological polar surface area (TPSA) is 46.3 Å². The van der Waals surface area contributed by atoms with E-state index >= 15 is 0 Å². The van der Waals surface area contributed by atoms with Crippen molar-refractivity contribution in [2.75, 3.05) is 4.90 Å². The van der Waals surface area contributed by atoms with Crippen LogP contribution >= 0.6 is 0 Å². The van der Waals surface area contributed by atoms with Crippen molar-refractivity contribution in [1.82, 2.24) is 0 Å². The summed E-state index contributed by atoms with van der Waals surface area (Å²) in [6, 6.07) is 17.3. The molecular weight excluding hydrogens is 248 g/mol. The third kappa shape index (κ3) is 3.06. The first-order valence-electron chi connectivity index (χ1n) is 6.81. The Balaban J connectivity index is 2.33. The Hall–Kier alpha value is -2.13. The van der Waals surface area contributed by atoms with Crippen LogP contribution in [0.15, 0.2) is 54.6 Å². The zero-order chi connectivity index (χ0) is 14.5. The van der Waals surface area contributed by atoms with Gasteiger partial charge in [0.25, 0.3) is 5.91 Å². The minimum Gasteiger partial charge on any atom is -0.326 e. The van der Waals surface area contributed by atoms with Crippen LogP contribution in [0.2, 0.25) is 0 Å². The molecule has 2 aromatic carbocycles. The number of rotatable bonds is 4. The zero-order valence-electron chi connectivity index (χ0n) is 11.9. The SMILES string of the molecule is CC(C)N(C(=O)c1ccccc1)c1ccc(CN)cc1. The summed E-state index contributed by atoms with van der Waals surface area (Å²) in [6.45, 7) is 4.53. The van der Waals surface area contributed by atoms with E-state index in [1.54, 1.807) is 4.90 Å². The number of hydrogen-bond acceptors (Lipinski definition) is 2. The number of carbonyl (C=O) groups is 1. The molecule has 0 aliphatic rings. The summed E-state index contributed by atoms with van der Waals surface area (Å²) < 4.78 is 0. The van der Waals surface area contributed by atoms with Gasteiger partial charge in [-0.25, -0.2) is 0 Å². The Bertz CT molecular complexity index is 561. The van der Waals surface area contributed by atoms with Gasteiger partial charge in [0.2, 0.25) is 0 Å². The van der Waals surface area contributed by atoms with E-state index in [1.807, 2.05) is 68.4 Å². The number of anilines is 1. The molecule has 2 N–H and O–H groups in total. The van der Waals surface area contributed by atoms with Crippen LogP contribution in [0, 0.1) is 0 Å². The fourth-order valence-corrected chi connectivity index (χ4v) is 2.16. The molecule has 0 aliphatic heterocycles. The number of carbonyl (C=O) groups excluding carboxylic acids is 1. The fourth-order valence-electron chi connectivity index (χ4n) is 2.16. The van der Waals surface area contributed by atoms with Gasteiger partial charge in [-0.15, -0.1) is 0 Å². The Morgan fingerprint density at radius 2 is 1.65 bits per heavy atom. The molecule has 3 heteroatoms. The quantitative estimate of drug-likeness (QED) is 0.925. The normalized spacial score (nSPS) is 10.6. The maximum absolute atomic E-state index is 12.6. The van der Waals surface area contributed by atoms with Gasteiger partial charge in [-0.3, -0.25) is 4.79 Å². The average Bonchev–Trinajstić information content (AvgIpc) is 2.48. The van der Waals surface area contributed by atoms with Crippen molar-refractivity contribution < 1.29 is 4.79 Å². The Morgan fingerprint density at radius 1 is 1.05 bits per heavy atom. The van der Waals surface area contributed by atoms with Crippen molar-refractivity contribution in [3.05, 3.63) is 65.7 Å². The fraction of sp³-hybridized carbons (Fsp3) is 0.235. The molecular formula is C17H20N2O. The van der Waals surface area contributed by atoms with Crippen molar-refractivity contribution in [2.24, 2.45) is 5.73 Å². The third-order valence-electron chi connectivity index (χ3n) is 3.21. The summed E-state index contributed by atoms with van der Waals surface area (Å²) >= 11 is 0. The van der Waals surface area contributed by atoms with Crippen LogP contribution in [0.1, 0.15) is 29.8 Å². The van der Waals surface area contributed by atoms with E-state index < -0.39 is 0 Å². The lowest BCUT2D eigenvalue weighted by Crippen LogP contribution is -2.37. The molecule has 0 saturated carbocycles. The molecule has 2 aromatic rings. The number of nitrogens with two attached hydrogens (primary N) is 1. The molecule has 0 spiro atoms. The largest absolute Gasteiger partial charge is 0.326 e. The molecule has 104 valence electrons. The van der Waals surface area contributed by atoms with Gasteiger partial charge < -0.3 is 10.6 Å². The van der Waals surface area contributed by atoms with Crippen molar-refractivity contribution in [2.45, 2.75) is 26.4 Å². The minimum atomic E-state index is 0.0149. The summed E-state index contributed by atoms with van der Waals surface area (Å²) in [6.07, 6.45) is 0. The van der Waals surface area contributed by atoms with Crippen LogP contribution in [0.25, 0.3) is 0 Å². The average molecular weight is 268 g/mol. The highest BCUT2D eigenvalue weighted by atomic mass is 16.2. The first-order valence-corrected chi connectivity index (χ1v) is 6.81. The molecule has 0 aromatic heterocycles. The molecule has 0 radical (unpaired) electrons. The third-order valence-corrected chi connectivity index (χ3v) is 3.21. The van der Waals surface area contributed by atoms with E-state index in [2.05, 4.69) is 0 Å². The molecule has 0 bridgehead atoms. The minimum absolute atomic E-state index is 0.0149. The highest BCUT2D eigenvalue weighted by Crippen LogP contribution is 2.20. The smallest absolute Gasteiger partial charge is 0.258 e. The summed E-state index contributed by atoms with van der Waals surface area (Å²) in [5.74, 6) is 0.0149. The van der Waals surface area contributed by atoms with Crippen LogP contribution in [0.3, 0.4) is 0 Å². The van der Waals surface area contributed by atoms with Crippen molar-refractivity contribution in [3.8, 4) is 0 Å². The van der Waals surface area contributed by atoms with E-state index in [4.69, 9.17) is 5.73 Å². The molecule has 0 heterocycles. The molecule has 20 heavy (non-hydrogen) atoms. The first-order chi connectivity index (χ1) is 9.63. The number of benzene rings is 2. The van der Waals surface area contributed by atoms with Gasteiger partial charge in [0, 0.05) is 23.8 Å². The second-order valence-corrected chi connectivity index (χ2v) is 5.01. The van der Waals surface area contributed by atoms with E-state index in [0.717, 1.165) is 11.3 Å². The van der Waals surface area contributed by atoms with E-state index in [0.29, 0.717) is 12.1 Å². The highest BCUT2D eigenvalue weighted by molar-refractivity contribution is 6.06. The van der Waals surface area contributed by atoms with Gasteiger partial charge >= 0.3 is 0 Å². The second kappa shape index (κ2) is 6.35. The molecule has 1 amide bonds. The monoisotopic (exact) mass is 268 g/mol. The van der Waals surface area contributed by atoms with Gasteiger partial charge in [-0.05, 0) is 43.7 Å². The van der Waals surface area contributed by atoms with Crippen LogP contribution in [0.5, 0.6) is 0 Å².